The van der Waals surface area contributed by atoms with Crippen LogP contribution in [0, 0.1) is 17.3 Å². The zero-order chi connectivity index (χ0) is 14.6. The fourth-order valence-corrected chi connectivity index (χ4v) is 4.07. The molecule has 0 amide bonds. The van der Waals surface area contributed by atoms with E-state index < -0.39 is 0 Å². The summed E-state index contributed by atoms with van der Waals surface area (Å²) in [5, 5.41) is 3.84. The quantitative estimate of drug-likeness (QED) is 0.725. The molecule has 0 aromatic carbocycles. The van der Waals surface area contributed by atoms with Gasteiger partial charge in [0.05, 0.1) is 0 Å². The monoisotopic (exact) mass is 280 g/mol. The van der Waals surface area contributed by atoms with Crippen molar-refractivity contribution in [2.24, 2.45) is 17.3 Å². The lowest BCUT2D eigenvalue weighted by atomic mass is 9.69. The van der Waals surface area contributed by atoms with Gasteiger partial charge in [0.1, 0.15) is 0 Å². The molecule has 0 aromatic heterocycles. The van der Waals surface area contributed by atoms with Gasteiger partial charge in [0.2, 0.25) is 0 Å². The molecule has 2 aliphatic carbocycles. The van der Waals surface area contributed by atoms with E-state index in [1.165, 1.54) is 64.7 Å². The third kappa shape index (κ3) is 5.04. The largest absolute Gasteiger partial charge is 0.313 e. The molecule has 2 heteroatoms. The second-order valence-electron chi connectivity index (χ2n) is 8.08. The highest BCUT2D eigenvalue weighted by molar-refractivity contribution is 4.93. The average molecular weight is 280 g/mol. The van der Waals surface area contributed by atoms with Crippen molar-refractivity contribution in [1.82, 2.24) is 10.2 Å². The van der Waals surface area contributed by atoms with Gasteiger partial charge in [-0.2, -0.15) is 0 Å². The van der Waals surface area contributed by atoms with Crippen LogP contribution in [0.3, 0.4) is 0 Å². The van der Waals surface area contributed by atoms with E-state index in [2.05, 4.69) is 37.9 Å². The molecule has 0 saturated heterocycles. The van der Waals surface area contributed by atoms with Crippen LogP contribution in [0.1, 0.15) is 66.2 Å². The standard InChI is InChI=1S/C18H36N2/c1-5-20(12-15(2)3)14-18(13-19-17-8-9-17)10-6-7-16(4)11-18/h15-17,19H,5-14H2,1-4H3. The van der Waals surface area contributed by atoms with Crippen molar-refractivity contribution < 1.29 is 0 Å². The predicted molar refractivity (Wildman–Crippen MR) is 88.0 cm³/mol. The summed E-state index contributed by atoms with van der Waals surface area (Å²) in [5.41, 5.74) is 0.547. The smallest absolute Gasteiger partial charge is 0.00684 e. The minimum Gasteiger partial charge on any atom is -0.313 e. The van der Waals surface area contributed by atoms with Crippen LogP contribution in [0.15, 0.2) is 0 Å². The first-order valence-corrected chi connectivity index (χ1v) is 8.99. The highest BCUT2D eigenvalue weighted by Gasteiger charge is 2.37. The van der Waals surface area contributed by atoms with E-state index in [9.17, 15) is 0 Å². The fourth-order valence-electron chi connectivity index (χ4n) is 4.07. The van der Waals surface area contributed by atoms with Crippen molar-refractivity contribution in [3.8, 4) is 0 Å². The van der Waals surface area contributed by atoms with Crippen molar-refractivity contribution in [3.05, 3.63) is 0 Å². The topological polar surface area (TPSA) is 15.3 Å². The summed E-state index contributed by atoms with van der Waals surface area (Å²) in [6.45, 7) is 14.5. The van der Waals surface area contributed by atoms with Crippen LogP contribution in [-0.2, 0) is 0 Å². The Labute approximate surface area is 126 Å². The molecular weight excluding hydrogens is 244 g/mol. The van der Waals surface area contributed by atoms with Gasteiger partial charge >= 0.3 is 0 Å². The Morgan fingerprint density at radius 1 is 1.25 bits per heavy atom. The summed E-state index contributed by atoms with van der Waals surface area (Å²) in [7, 11) is 0. The molecule has 0 aliphatic heterocycles. The molecule has 2 unspecified atom stereocenters. The van der Waals surface area contributed by atoms with Gasteiger partial charge in [-0.3, -0.25) is 0 Å². The van der Waals surface area contributed by atoms with Crippen LogP contribution < -0.4 is 5.32 Å². The summed E-state index contributed by atoms with van der Waals surface area (Å²) in [4.78, 5) is 2.71. The number of hydrogen-bond acceptors (Lipinski definition) is 2. The van der Waals surface area contributed by atoms with Gasteiger partial charge in [0.25, 0.3) is 0 Å². The summed E-state index contributed by atoms with van der Waals surface area (Å²) in [6.07, 6.45) is 8.57. The summed E-state index contributed by atoms with van der Waals surface area (Å²) >= 11 is 0. The van der Waals surface area contributed by atoms with Gasteiger partial charge in [0.15, 0.2) is 0 Å². The lowest BCUT2D eigenvalue weighted by molar-refractivity contribution is 0.0764. The molecule has 2 aliphatic rings. The highest BCUT2D eigenvalue weighted by Crippen LogP contribution is 2.40. The molecule has 2 fully saturated rings. The molecule has 2 atom stereocenters. The number of rotatable bonds is 8. The van der Waals surface area contributed by atoms with Crippen LogP contribution in [0.4, 0.5) is 0 Å². The summed E-state index contributed by atoms with van der Waals surface area (Å²) in [5.74, 6) is 1.70. The van der Waals surface area contributed by atoms with E-state index in [4.69, 9.17) is 0 Å². The first kappa shape index (κ1) is 16.3. The highest BCUT2D eigenvalue weighted by atomic mass is 15.1. The zero-order valence-corrected chi connectivity index (χ0v) is 14.3. The van der Waals surface area contributed by atoms with E-state index in [-0.39, 0.29) is 0 Å². The zero-order valence-electron chi connectivity index (χ0n) is 14.3. The second-order valence-corrected chi connectivity index (χ2v) is 8.08. The molecule has 2 saturated carbocycles. The van der Waals surface area contributed by atoms with E-state index in [1.54, 1.807) is 0 Å². The maximum absolute atomic E-state index is 3.84. The number of hydrogen-bond donors (Lipinski definition) is 1. The Balaban J connectivity index is 1.95. The van der Waals surface area contributed by atoms with E-state index in [0.717, 1.165) is 17.9 Å². The lowest BCUT2D eigenvalue weighted by Crippen LogP contribution is -2.47. The van der Waals surface area contributed by atoms with E-state index in [0.29, 0.717) is 5.41 Å². The molecular formula is C18H36N2. The normalized spacial score (nSPS) is 31.2. The first-order valence-electron chi connectivity index (χ1n) is 8.99. The molecule has 0 bridgehead atoms. The van der Waals surface area contributed by atoms with Gasteiger partial charge in [-0.15, -0.1) is 0 Å². The first-order chi connectivity index (χ1) is 9.53. The molecule has 118 valence electrons. The maximum atomic E-state index is 3.84. The average Bonchev–Trinajstić information content (AvgIpc) is 3.19. The van der Waals surface area contributed by atoms with Gasteiger partial charge in [-0.05, 0) is 49.5 Å². The van der Waals surface area contributed by atoms with Gasteiger partial charge in [0, 0.05) is 25.7 Å². The number of nitrogens with one attached hydrogen (secondary N) is 1. The summed E-state index contributed by atoms with van der Waals surface area (Å²) < 4.78 is 0. The van der Waals surface area contributed by atoms with Gasteiger partial charge < -0.3 is 10.2 Å². The minimum atomic E-state index is 0.547. The Hall–Kier alpha value is -0.0800. The Morgan fingerprint density at radius 2 is 2.00 bits per heavy atom. The van der Waals surface area contributed by atoms with Crippen LogP contribution >= 0.6 is 0 Å². The molecule has 2 nitrogen and oxygen atoms in total. The van der Waals surface area contributed by atoms with Crippen molar-refractivity contribution in [2.75, 3.05) is 26.2 Å². The number of nitrogens with zero attached hydrogens (tertiary/aromatic N) is 1. The summed E-state index contributed by atoms with van der Waals surface area (Å²) in [6, 6.07) is 0.851. The Morgan fingerprint density at radius 3 is 2.55 bits per heavy atom. The van der Waals surface area contributed by atoms with Crippen LogP contribution in [0.25, 0.3) is 0 Å². The maximum Gasteiger partial charge on any atom is 0.00684 e. The molecule has 0 spiro atoms. The van der Waals surface area contributed by atoms with Gasteiger partial charge in [-0.25, -0.2) is 0 Å². The van der Waals surface area contributed by atoms with Crippen molar-refractivity contribution in [1.29, 1.82) is 0 Å². The SMILES string of the molecule is CCN(CC(C)C)CC1(CNC2CC2)CCCC(C)C1. The molecule has 0 radical (unpaired) electrons. The Bertz CT molecular complexity index is 285. The molecule has 2 rings (SSSR count). The Kier molecular flexibility index (Phi) is 5.92. The van der Waals surface area contributed by atoms with E-state index in [1.807, 2.05) is 0 Å². The molecule has 0 heterocycles. The second kappa shape index (κ2) is 7.26. The molecule has 0 aromatic rings. The molecule has 1 N–H and O–H groups in total. The lowest BCUT2D eigenvalue weighted by Gasteiger charge is -2.44. The van der Waals surface area contributed by atoms with Crippen molar-refractivity contribution in [3.63, 3.8) is 0 Å². The van der Waals surface area contributed by atoms with Crippen molar-refractivity contribution >= 4 is 0 Å². The fraction of sp³-hybridized carbons (Fsp3) is 1.00. The van der Waals surface area contributed by atoms with Crippen molar-refractivity contribution in [2.45, 2.75) is 72.3 Å². The van der Waals surface area contributed by atoms with E-state index >= 15 is 0 Å². The van der Waals surface area contributed by atoms with Crippen LogP contribution in [-0.4, -0.2) is 37.1 Å². The van der Waals surface area contributed by atoms with Gasteiger partial charge in [-0.1, -0.05) is 40.5 Å². The third-order valence-corrected chi connectivity index (χ3v) is 5.16. The van der Waals surface area contributed by atoms with Crippen LogP contribution in [0.2, 0.25) is 0 Å². The van der Waals surface area contributed by atoms with Crippen LogP contribution in [0.5, 0.6) is 0 Å². The molecule has 20 heavy (non-hydrogen) atoms. The minimum absolute atomic E-state index is 0.547. The predicted octanol–water partition coefficient (Wildman–Crippen LogP) is 3.91. The third-order valence-electron chi connectivity index (χ3n) is 5.16.